The maximum Gasteiger partial charge on any atom is 0.269 e. The molecule has 0 radical (unpaired) electrons. The van der Waals surface area contributed by atoms with Crippen LogP contribution in [0.15, 0.2) is 35.5 Å². The second-order valence-corrected chi connectivity index (χ2v) is 11.5. The molecule has 8 nitrogen and oxygen atoms in total. The number of thiophene rings is 1. The first kappa shape index (κ1) is 23.9. The number of Topliss-reactive ketones (excluding diaryl/α,β-unsaturated/α-hetero) is 1. The fraction of sp³-hybridized carbons (Fsp3) is 0.407. The van der Waals surface area contributed by atoms with Crippen LogP contribution in [0.25, 0.3) is 0 Å². The topological polar surface area (TPSA) is 135 Å². The average molecular weight is 500 g/mol. The lowest BCUT2D eigenvalue weighted by atomic mass is 9.66. The number of nitrogens with zero attached hydrogens (tertiary/aromatic N) is 4. The maximum absolute atomic E-state index is 13.7. The molecule has 0 saturated carbocycles. The van der Waals surface area contributed by atoms with E-state index in [0.29, 0.717) is 33.8 Å². The van der Waals surface area contributed by atoms with Gasteiger partial charge in [-0.1, -0.05) is 26.0 Å². The van der Waals surface area contributed by atoms with E-state index in [1.807, 2.05) is 13.8 Å². The molecule has 5 rings (SSSR count). The van der Waals surface area contributed by atoms with Gasteiger partial charge in [-0.05, 0) is 48.6 Å². The number of hydrogen-bond acceptors (Lipinski definition) is 7. The van der Waals surface area contributed by atoms with Gasteiger partial charge < -0.3 is 0 Å². The van der Waals surface area contributed by atoms with Crippen molar-refractivity contribution >= 4 is 33.6 Å². The molecule has 9 heteroatoms. The van der Waals surface area contributed by atoms with Crippen molar-refractivity contribution in [1.29, 1.82) is 15.9 Å². The molecule has 182 valence electrons. The third kappa shape index (κ3) is 3.71. The van der Waals surface area contributed by atoms with Crippen LogP contribution in [0.4, 0.5) is 10.7 Å². The van der Waals surface area contributed by atoms with E-state index in [1.165, 1.54) is 23.5 Å². The molecule has 1 aromatic heterocycles. The number of fused-ring (bicyclic) bond motifs is 1. The molecule has 2 aliphatic carbocycles. The monoisotopic (exact) mass is 499 g/mol. The molecule has 1 aliphatic heterocycles. The van der Waals surface area contributed by atoms with Crippen molar-refractivity contribution in [3.05, 3.63) is 67.2 Å². The van der Waals surface area contributed by atoms with Gasteiger partial charge in [0.15, 0.2) is 5.78 Å². The Hall–Kier alpha value is -3.82. The van der Waals surface area contributed by atoms with Crippen LogP contribution in [-0.2, 0) is 17.6 Å². The summed E-state index contributed by atoms with van der Waals surface area (Å²) in [5.74, 6) is -1.91. The number of nitro benzene ring substituents is 1. The number of ketones is 1. The van der Waals surface area contributed by atoms with Crippen molar-refractivity contribution in [3.8, 4) is 12.1 Å². The number of amidine groups is 1. The lowest BCUT2D eigenvalue weighted by molar-refractivity contribution is -0.384. The van der Waals surface area contributed by atoms with Crippen molar-refractivity contribution in [2.75, 3.05) is 4.90 Å². The number of rotatable bonds is 3. The first-order valence-electron chi connectivity index (χ1n) is 12.0. The predicted molar refractivity (Wildman–Crippen MR) is 136 cm³/mol. The third-order valence-corrected chi connectivity index (χ3v) is 8.67. The number of anilines is 1. The lowest BCUT2D eigenvalue weighted by Crippen LogP contribution is -2.48. The van der Waals surface area contributed by atoms with Crippen molar-refractivity contribution < 1.29 is 9.72 Å². The molecule has 0 fully saturated rings. The zero-order valence-corrected chi connectivity index (χ0v) is 20.9. The molecule has 0 amide bonds. The van der Waals surface area contributed by atoms with E-state index in [2.05, 4.69) is 12.1 Å². The SMILES string of the molecule is CC1(C)CC(=O)C2=C(C1)N(c1sc3c(c1C#N)CCCC3)C(=N)C(C#N)C2c1cccc([N+](=O)[O-])c1. The minimum Gasteiger partial charge on any atom is -0.294 e. The van der Waals surface area contributed by atoms with Crippen LogP contribution in [0.3, 0.4) is 0 Å². The Bertz CT molecular complexity index is 1440. The van der Waals surface area contributed by atoms with Gasteiger partial charge in [0.05, 0.1) is 16.6 Å². The number of non-ortho nitro benzene ring substituents is 1. The standard InChI is InChI=1S/C27H25N5O3S/c1-27(2)11-20-24(21(33)12-27)23(15-6-5-7-16(10-15)32(34)35)19(14-29)25(30)31(20)26-18(13-28)17-8-3-4-9-22(17)36-26/h5-7,10,19,23,30H,3-4,8-9,11-12H2,1-2H3. The van der Waals surface area contributed by atoms with Crippen LogP contribution in [0.5, 0.6) is 0 Å². The number of nitriles is 2. The second-order valence-electron chi connectivity index (χ2n) is 10.5. The fourth-order valence-electron chi connectivity index (χ4n) is 5.85. The molecule has 0 spiro atoms. The van der Waals surface area contributed by atoms with E-state index >= 15 is 0 Å². The quantitative estimate of drug-likeness (QED) is 0.421. The molecule has 2 atom stereocenters. The molecule has 2 heterocycles. The first-order valence-corrected chi connectivity index (χ1v) is 12.8. The van der Waals surface area contributed by atoms with Crippen molar-refractivity contribution in [2.45, 2.75) is 58.3 Å². The molecule has 3 aliphatic rings. The molecule has 1 aromatic carbocycles. The smallest absolute Gasteiger partial charge is 0.269 e. The summed E-state index contributed by atoms with van der Waals surface area (Å²) in [5.41, 5.74) is 2.62. The Morgan fingerprint density at radius 2 is 1.97 bits per heavy atom. The van der Waals surface area contributed by atoms with Crippen molar-refractivity contribution in [3.63, 3.8) is 0 Å². The summed E-state index contributed by atoms with van der Waals surface area (Å²) in [5, 5.41) is 41.6. The minimum atomic E-state index is -1.03. The van der Waals surface area contributed by atoms with Gasteiger partial charge in [-0.25, -0.2) is 0 Å². The normalized spacial score (nSPS) is 22.9. The van der Waals surface area contributed by atoms with Crippen LogP contribution in [0.1, 0.15) is 67.0 Å². The summed E-state index contributed by atoms with van der Waals surface area (Å²) in [6, 6.07) is 10.6. The molecule has 0 saturated heterocycles. The summed E-state index contributed by atoms with van der Waals surface area (Å²) in [7, 11) is 0. The number of carbonyl (C=O) groups excluding carboxylic acids is 1. The third-order valence-electron chi connectivity index (χ3n) is 7.39. The van der Waals surface area contributed by atoms with Gasteiger partial charge in [-0.2, -0.15) is 10.5 Å². The largest absolute Gasteiger partial charge is 0.294 e. The Morgan fingerprint density at radius 3 is 2.67 bits per heavy atom. The Labute approximate surface area is 213 Å². The molecular formula is C27H25N5O3S. The number of carbonyl (C=O) groups is 1. The van der Waals surface area contributed by atoms with Gasteiger partial charge in [0.1, 0.15) is 22.8 Å². The van der Waals surface area contributed by atoms with Gasteiger partial charge >= 0.3 is 0 Å². The average Bonchev–Trinajstić information content (AvgIpc) is 3.20. The van der Waals surface area contributed by atoms with E-state index in [-0.39, 0.29) is 29.1 Å². The summed E-state index contributed by atoms with van der Waals surface area (Å²) in [6.07, 6.45) is 4.51. The highest BCUT2D eigenvalue weighted by Crippen LogP contribution is 2.52. The highest BCUT2D eigenvalue weighted by molar-refractivity contribution is 7.16. The van der Waals surface area contributed by atoms with E-state index in [9.17, 15) is 30.8 Å². The number of nitrogens with one attached hydrogen (secondary N) is 1. The summed E-state index contributed by atoms with van der Waals surface area (Å²) < 4.78 is 0. The molecule has 1 N–H and O–H groups in total. The molecule has 0 bridgehead atoms. The van der Waals surface area contributed by atoms with Gasteiger partial charge in [0.25, 0.3) is 5.69 Å². The fourth-order valence-corrected chi connectivity index (χ4v) is 7.22. The highest BCUT2D eigenvalue weighted by atomic mass is 32.1. The molecule has 36 heavy (non-hydrogen) atoms. The van der Waals surface area contributed by atoms with Gasteiger partial charge in [0.2, 0.25) is 0 Å². The number of nitro groups is 1. The Balaban J connectivity index is 1.78. The van der Waals surface area contributed by atoms with Crippen LogP contribution < -0.4 is 4.90 Å². The lowest BCUT2D eigenvalue weighted by Gasteiger charge is -2.45. The molecule has 2 unspecified atom stereocenters. The Morgan fingerprint density at radius 1 is 1.22 bits per heavy atom. The van der Waals surface area contributed by atoms with Gasteiger partial charge in [-0.3, -0.25) is 25.2 Å². The first-order chi connectivity index (χ1) is 17.2. The highest BCUT2D eigenvalue weighted by Gasteiger charge is 2.49. The van der Waals surface area contributed by atoms with Crippen LogP contribution in [-0.4, -0.2) is 16.5 Å². The maximum atomic E-state index is 13.7. The molecular weight excluding hydrogens is 474 g/mol. The molecule has 2 aromatic rings. The van der Waals surface area contributed by atoms with E-state index < -0.39 is 16.8 Å². The van der Waals surface area contributed by atoms with Crippen LogP contribution >= 0.6 is 11.3 Å². The number of allylic oxidation sites excluding steroid dienone is 2. The second kappa shape index (κ2) is 8.69. The van der Waals surface area contributed by atoms with E-state index in [0.717, 1.165) is 36.1 Å². The Kier molecular flexibility index (Phi) is 5.77. The van der Waals surface area contributed by atoms with Crippen molar-refractivity contribution in [1.82, 2.24) is 0 Å². The zero-order chi connectivity index (χ0) is 25.8. The van der Waals surface area contributed by atoms with Crippen LogP contribution in [0, 0.1) is 49.5 Å². The summed E-state index contributed by atoms with van der Waals surface area (Å²) >= 11 is 1.49. The number of aryl methyl sites for hydroxylation is 1. The van der Waals surface area contributed by atoms with Gasteiger partial charge in [0, 0.05) is 40.6 Å². The minimum absolute atomic E-state index is 0.00773. The van der Waals surface area contributed by atoms with E-state index in [1.54, 1.807) is 17.0 Å². The number of hydrogen-bond donors (Lipinski definition) is 1. The van der Waals surface area contributed by atoms with Crippen LogP contribution in [0.2, 0.25) is 0 Å². The van der Waals surface area contributed by atoms with Crippen molar-refractivity contribution in [2.24, 2.45) is 11.3 Å². The van der Waals surface area contributed by atoms with E-state index in [4.69, 9.17) is 0 Å². The predicted octanol–water partition coefficient (Wildman–Crippen LogP) is 5.77. The van der Waals surface area contributed by atoms with Gasteiger partial charge in [-0.15, -0.1) is 11.3 Å². The summed E-state index contributed by atoms with van der Waals surface area (Å²) in [4.78, 5) is 27.5. The zero-order valence-electron chi connectivity index (χ0n) is 20.1. The number of benzene rings is 1. The summed E-state index contributed by atoms with van der Waals surface area (Å²) in [6.45, 7) is 4.00.